The lowest BCUT2D eigenvalue weighted by Crippen LogP contribution is -2.33. The van der Waals surface area contributed by atoms with Crippen LogP contribution in [0.3, 0.4) is 0 Å². The molecule has 2 aromatic heterocycles. The Hall–Kier alpha value is -2.81. The van der Waals surface area contributed by atoms with Crippen LogP contribution in [0.1, 0.15) is 53.9 Å². The van der Waals surface area contributed by atoms with Crippen LogP contribution in [0.15, 0.2) is 16.5 Å². The van der Waals surface area contributed by atoms with Gasteiger partial charge < -0.3 is 24.5 Å². The predicted molar refractivity (Wildman–Crippen MR) is 96.6 cm³/mol. The Morgan fingerprint density at radius 1 is 1.33 bits per heavy atom. The molecule has 1 saturated heterocycles. The molecule has 3 heterocycles. The minimum atomic E-state index is -0.456. The fourth-order valence-electron chi connectivity index (χ4n) is 2.92. The fourth-order valence-corrected chi connectivity index (χ4v) is 2.92. The van der Waals surface area contributed by atoms with Crippen molar-refractivity contribution < 1.29 is 23.5 Å². The van der Waals surface area contributed by atoms with E-state index >= 15 is 0 Å². The summed E-state index contributed by atoms with van der Waals surface area (Å²) in [5.41, 5.74) is 1.18. The van der Waals surface area contributed by atoms with Crippen molar-refractivity contribution in [3.05, 3.63) is 34.9 Å². The Morgan fingerprint density at radius 2 is 2.11 bits per heavy atom. The number of hydrogen-bond acceptors (Lipinski definition) is 6. The lowest BCUT2D eigenvalue weighted by Gasteiger charge is -2.13. The summed E-state index contributed by atoms with van der Waals surface area (Å²) in [5, 5.41) is 12.4. The maximum atomic E-state index is 12.3. The Morgan fingerprint density at radius 3 is 2.78 bits per heavy atom. The van der Waals surface area contributed by atoms with Crippen molar-refractivity contribution in [3.63, 3.8) is 0 Å². The van der Waals surface area contributed by atoms with Crippen molar-refractivity contribution in [3.8, 4) is 0 Å². The number of aromatic nitrogens is 2. The van der Waals surface area contributed by atoms with Gasteiger partial charge in [0.25, 0.3) is 5.91 Å². The van der Waals surface area contributed by atoms with Gasteiger partial charge >= 0.3 is 6.09 Å². The molecule has 27 heavy (non-hydrogen) atoms. The molecule has 146 valence electrons. The number of furan rings is 1. The summed E-state index contributed by atoms with van der Waals surface area (Å²) < 4.78 is 16.4. The minimum absolute atomic E-state index is 0.0112. The van der Waals surface area contributed by atoms with Crippen LogP contribution >= 0.6 is 0 Å². The first kappa shape index (κ1) is 19.0. The second-order valence-electron chi connectivity index (χ2n) is 6.87. The molecule has 0 aromatic carbocycles. The molecule has 1 fully saturated rings. The summed E-state index contributed by atoms with van der Waals surface area (Å²) in [6, 6.07) is 3.40. The van der Waals surface area contributed by atoms with Crippen LogP contribution in [-0.2, 0) is 9.47 Å². The standard InChI is InChI=1S/C18H24N4O5/c1-9(2)19-18(24)27-12-6-15(25-8-12)14-7-16(22-21-14)20-17(23)13-5-10(3)26-11(13)4/h5,7,9,12,15H,6,8H2,1-4H3,(H,19,24)(H2,20,21,22,23)/t12-,15-/m0/s1. The van der Waals surface area contributed by atoms with Gasteiger partial charge in [0, 0.05) is 18.5 Å². The SMILES string of the molecule is Cc1cc(C(=O)Nc2cc([C@@H]3C[C@H](OC(=O)NC(C)C)CO3)[nH]n2)c(C)o1. The molecule has 9 nitrogen and oxygen atoms in total. The average Bonchev–Trinajstić information content (AvgIpc) is 3.27. The predicted octanol–water partition coefficient (Wildman–Crippen LogP) is 2.84. The van der Waals surface area contributed by atoms with Crippen LogP contribution < -0.4 is 10.6 Å². The number of carbonyl (C=O) groups excluding carboxylic acids is 2. The van der Waals surface area contributed by atoms with Crippen molar-refractivity contribution in [2.45, 2.75) is 52.4 Å². The quantitative estimate of drug-likeness (QED) is 0.738. The first-order valence-corrected chi connectivity index (χ1v) is 8.84. The summed E-state index contributed by atoms with van der Waals surface area (Å²) in [7, 11) is 0. The number of H-pyrrole nitrogens is 1. The number of rotatable bonds is 5. The molecule has 3 N–H and O–H groups in total. The fraction of sp³-hybridized carbons (Fsp3) is 0.500. The molecule has 0 bridgehead atoms. The molecular weight excluding hydrogens is 352 g/mol. The highest BCUT2D eigenvalue weighted by atomic mass is 16.6. The molecule has 0 radical (unpaired) electrons. The van der Waals surface area contributed by atoms with E-state index < -0.39 is 6.09 Å². The molecule has 2 atom stereocenters. The van der Waals surface area contributed by atoms with Crippen molar-refractivity contribution in [1.82, 2.24) is 15.5 Å². The molecule has 0 aliphatic carbocycles. The Bertz CT molecular complexity index is 826. The number of aromatic amines is 1. The second-order valence-corrected chi connectivity index (χ2v) is 6.87. The molecular formula is C18H24N4O5. The highest BCUT2D eigenvalue weighted by Crippen LogP contribution is 2.30. The molecule has 1 aliphatic rings. The zero-order chi connectivity index (χ0) is 19.6. The third-order valence-electron chi connectivity index (χ3n) is 4.11. The number of amides is 2. The highest BCUT2D eigenvalue weighted by molar-refractivity contribution is 6.04. The number of hydrogen-bond donors (Lipinski definition) is 3. The Balaban J connectivity index is 1.56. The van der Waals surface area contributed by atoms with Gasteiger partial charge in [-0.05, 0) is 33.8 Å². The topological polar surface area (TPSA) is 118 Å². The maximum absolute atomic E-state index is 12.3. The molecule has 1 aliphatic heterocycles. The monoisotopic (exact) mass is 376 g/mol. The van der Waals surface area contributed by atoms with E-state index in [4.69, 9.17) is 13.9 Å². The zero-order valence-corrected chi connectivity index (χ0v) is 15.8. The lowest BCUT2D eigenvalue weighted by molar-refractivity contribution is 0.0682. The Labute approximate surface area is 156 Å². The van der Waals surface area contributed by atoms with Crippen LogP contribution in [0.2, 0.25) is 0 Å². The first-order chi connectivity index (χ1) is 12.8. The van der Waals surface area contributed by atoms with E-state index in [9.17, 15) is 9.59 Å². The summed E-state index contributed by atoms with van der Waals surface area (Å²) in [6.07, 6.45) is -0.548. The third kappa shape index (κ3) is 4.68. The summed E-state index contributed by atoms with van der Waals surface area (Å²) in [6.45, 7) is 7.56. The zero-order valence-electron chi connectivity index (χ0n) is 15.8. The van der Waals surface area contributed by atoms with Crippen LogP contribution in [-0.4, -0.2) is 41.0 Å². The van der Waals surface area contributed by atoms with E-state index in [1.165, 1.54) is 0 Å². The molecule has 0 saturated carbocycles. The van der Waals surface area contributed by atoms with E-state index in [-0.39, 0.29) is 24.2 Å². The van der Waals surface area contributed by atoms with Gasteiger partial charge in [-0.25, -0.2) is 4.79 Å². The van der Waals surface area contributed by atoms with Gasteiger partial charge in [-0.15, -0.1) is 0 Å². The van der Waals surface area contributed by atoms with E-state index in [1.807, 2.05) is 13.8 Å². The number of nitrogens with one attached hydrogen (secondary N) is 3. The van der Waals surface area contributed by atoms with Crippen molar-refractivity contribution in [2.24, 2.45) is 0 Å². The Kier molecular flexibility index (Phi) is 5.50. The van der Waals surface area contributed by atoms with Gasteiger partial charge in [0.15, 0.2) is 5.82 Å². The number of anilines is 1. The maximum Gasteiger partial charge on any atom is 0.407 e. The van der Waals surface area contributed by atoms with Gasteiger partial charge in [-0.2, -0.15) is 5.10 Å². The smallest absolute Gasteiger partial charge is 0.407 e. The van der Waals surface area contributed by atoms with Crippen LogP contribution in [0.5, 0.6) is 0 Å². The normalized spacial score (nSPS) is 19.3. The average molecular weight is 376 g/mol. The van der Waals surface area contributed by atoms with E-state index in [1.54, 1.807) is 26.0 Å². The van der Waals surface area contributed by atoms with Gasteiger partial charge in [0.1, 0.15) is 23.7 Å². The molecule has 0 spiro atoms. The number of alkyl carbamates (subject to hydrolysis) is 1. The van der Waals surface area contributed by atoms with Gasteiger partial charge in [-0.1, -0.05) is 0 Å². The summed E-state index contributed by atoms with van der Waals surface area (Å²) in [4.78, 5) is 24.0. The minimum Gasteiger partial charge on any atom is -0.466 e. The summed E-state index contributed by atoms with van der Waals surface area (Å²) >= 11 is 0. The second kappa shape index (κ2) is 7.83. The molecule has 9 heteroatoms. The number of nitrogens with zero attached hydrogens (tertiary/aromatic N) is 1. The largest absolute Gasteiger partial charge is 0.466 e. The van der Waals surface area contributed by atoms with Gasteiger partial charge in [0.2, 0.25) is 0 Å². The van der Waals surface area contributed by atoms with Gasteiger partial charge in [0.05, 0.1) is 17.9 Å². The van der Waals surface area contributed by atoms with Crippen LogP contribution in [0.25, 0.3) is 0 Å². The highest BCUT2D eigenvalue weighted by Gasteiger charge is 2.31. The summed E-state index contributed by atoms with van der Waals surface area (Å²) in [5.74, 6) is 1.33. The molecule has 3 rings (SSSR count). The number of carbonyl (C=O) groups is 2. The van der Waals surface area contributed by atoms with E-state index in [2.05, 4.69) is 20.8 Å². The van der Waals surface area contributed by atoms with Crippen LogP contribution in [0, 0.1) is 13.8 Å². The van der Waals surface area contributed by atoms with Crippen molar-refractivity contribution in [2.75, 3.05) is 11.9 Å². The lowest BCUT2D eigenvalue weighted by atomic mass is 10.1. The van der Waals surface area contributed by atoms with E-state index in [0.29, 0.717) is 41.6 Å². The number of ether oxygens (including phenoxy) is 2. The van der Waals surface area contributed by atoms with Crippen molar-refractivity contribution in [1.29, 1.82) is 0 Å². The molecule has 2 aromatic rings. The number of aryl methyl sites for hydroxylation is 2. The third-order valence-corrected chi connectivity index (χ3v) is 4.11. The molecule has 2 amide bonds. The van der Waals surface area contributed by atoms with Crippen molar-refractivity contribution >= 4 is 17.8 Å². The van der Waals surface area contributed by atoms with Crippen LogP contribution in [0.4, 0.5) is 10.6 Å². The van der Waals surface area contributed by atoms with E-state index in [0.717, 1.165) is 0 Å². The first-order valence-electron chi connectivity index (χ1n) is 8.84. The van der Waals surface area contributed by atoms with Gasteiger partial charge in [-0.3, -0.25) is 9.89 Å². The molecule has 0 unspecified atom stereocenters.